The van der Waals surface area contributed by atoms with Crippen molar-refractivity contribution in [2.45, 2.75) is 19.3 Å². The van der Waals surface area contributed by atoms with Crippen molar-refractivity contribution < 1.29 is 4.79 Å². The smallest absolute Gasteiger partial charge is 0.220 e. The lowest BCUT2D eigenvalue weighted by Gasteiger charge is -2.13. The van der Waals surface area contributed by atoms with E-state index >= 15 is 0 Å². The molecule has 2 atom stereocenters. The first-order chi connectivity index (χ1) is 9.20. The zero-order chi connectivity index (χ0) is 13.7. The van der Waals surface area contributed by atoms with E-state index in [-0.39, 0.29) is 5.91 Å². The van der Waals surface area contributed by atoms with Crippen LogP contribution in [0.3, 0.4) is 0 Å². The van der Waals surface area contributed by atoms with Crippen molar-refractivity contribution in [2.24, 2.45) is 5.92 Å². The molecule has 0 aliphatic carbocycles. The van der Waals surface area contributed by atoms with E-state index in [1.165, 1.54) is 11.3 Å². The van der Waals surface area contributed by atoms with Crippen molar-refractivity contribution >= 4 is 23.4 Å². The third kappa shape index (κ3) is 3.90. The molecule has 2 rings (SSSR count). The second-order valence-electron chi connectivity index (χ2n) is 5.23. The first-order valence-corrected chi connectivity index (χ1v) is 8.18. The molecule has 19 heavy (non-hydrogen) atoms. The van der Waals surface area contributed by atoms with E-state index in [1.54, 1.807) is 0 Å². The molecule has 2 unspecified atom stereocenters. The van der Waals surface area contributed by atoms with Crippen LogP contribution in [0.5, 0.6) is 0 Å². The molecule has 0 saturated heterocycles. The number of amides is 1. The Bertz CT molecular complexity index is 436. The van der Waals surface area contributed by atoms with Crippen molar-refractivity contribution in [1.29, 1.82) is 0 Å². The number of hydrogen-bond acceptors (Lipinski definition) is 3. The molecule has 104 valence electrons. The molecular weight excluding hydrogens is 256 g/mol. The van der Waals surface area contributed by atoms with Gasteiger partial charge in [0.15, 0.2) is 0 Å². The van der Waals surface area contributed by atoms with Crippen molar-refractivity contribution in [2.75, 3.05) is 30.4 Å². The summed E-state index contributed by atoms with van der Waals surface area (Å²) in [6, 6.07) is 8.26. The largest absolute Gasteiger partial charge is 0.384 e. The van der Waals surface area contributed by atoms with Crippen LogP contribution < -0.4 is 10.6 Å². The van der Waals surface area contributed by atoms with Crippen LogP contribution >= 0.6 is 11.8 Å². The van der Waals surface area contributed by atoms with Gasteiger partial charge in [-0.15, -0.1) is 0 Å². The van der Waals surface area contributed by atoms with E-state index < -0.39 is 0 Å². The maximum absolute atomic E-state index is 12.0. The van der Waals surface area contributed by atoms with Crippen molar-refractivity contribution in [1.82, 2.24) is 5.32 Å². The number of nitrogens with one attached hydrogen (secondary N) is 2. The van der Waals surface area contributed by atoms with Crippen molar-refractivity contribution in [3.63, 3.8) is 0 Å². The number of fused-ring (bicyclic) bond motifs is 1. The number of anilines is 1. The van der Waals surface area contributed by atoms with E-state index in [0.29, 0.717) is 18.3 Å². The first-order valence-electron chi connectivity index (χ1n) is 6.79. The minimum absolute atomic E-state index is 0.163. The highest BCUT2D eigenvalue weighted by Crippen LogP contribution is 2.32. The lowest BCUT2D eigenvalue weighted by Crippen LogP contribution is -2.30. The summed E-state index contributed by atoms with van der Waals surface area (Å²) in [6.07, 6.45) is 2.68. The fourth-order valence-corrected chi connectivity index (χ4v) is 3.15. The standard InChI is InChI=1S/C15H22N2OS/c1-11(10-19-2)8-17-15(18)7-12-9-16-14-6-4-3-5-13(12)14/h3-6,11-12,16H,7-10H2,1-2H3,(H,17,18). The average molecular weight is 278 g/mol. The Morgan fingerprint density at radius 1 is 1.53 bits per heavy atom. The molecule has 1 aliphatic heterocycles. The van der Waals surface area contributed by atoms with Crippen LogP contribution in [0.4, 0.5) is 5.69 Å². The Balaban J connectivity index is 1.81. The van der Waals surface area contributed by atoms with Crippen LogP contribution in [0.1, 0.15) is 24.8 Å². The summed E-state index contributed by atoms with van der Waals surface area (Å²) in [5.41, 5.74) is 2.45. The molecule has 0 aromatic heterocycles. The topological polar surface area (TPSA) is 41.1 Å². The Kier molecular flexibility index (Phi) is 5.14. The third-order valence-corrected chi connectivity index (χ3v) is 4.37. The number of benzene rings is 1. The quantitative estimate of drug-likeness (QED) is 0.840. The van der Waals surface area contributed by atoms with Crippen LogP contribution in [0, 0.1) is 5.92 Å². The first kappa shape index (κ1) is 14.3. The lowest BCUT2D eigenvalue weighted by molar-refractivity contribution is -0.121. The van der Waals surface area contributed by atoms with Crippen LogP contribution in [0.2, 0.25) is 0 Å². The highest BCUT2D eigenvalue weighted by atomic mass is 32.2. The molecule has 1 aromatic rings. The minimum Gasteiger partial charge on any atom is -0.384 e. The summed E-state index contributed by atoms with van der Waals surface area (Å²) in [4.78, 5) is 12.0. The van der Waals surface area contributed by atoms with Gasteiger partial charge in [-0.1, -0.05) is 25.1 Å². The Hall–Kier alpha value is -1.16. The van der Waals surface area contributed by atoms with E-state index in [1.807, 2.05) is 23.9 Å². The second kappa shape index (κ2) is 6.85. The maximum atomic E-state index is 12.0. The van der Waals surface area contributed by atoms with Gasteiger partial charge in [0.2, 0.25) is 5.91 Å². The molecule has 1 amide bonds. The van der Waals surface area contributed by atoms with Crippen molar-refractivity contribution in [3.8, 4) is 0 Å². The van der Waals surface area contributed by atoms with Gasteiger partial charge in [-0.3, -0.25) is 4.79 Å². The molecule has 1 aliphatic rings. The van der Waals surface area contributed by atoms with Gasteiger partial charge in [-0.2, -0.15) is 11.8 Å². The molecule has 0 radical (unpaired) electrons. The average Bonchev–Trinajstić information content (AvgIpc) is 2.80. The van der Waals surface area contributed by atoms with Gasteiger partial charge >= 0.3 is 0 Å². The van der Waals surface area contributed by atoms with Crippen LogP contribution in [-0.2, 0) is 4.79 Å². The second-order valence-corrected chi connectivity index (χ2v) is 6.14. The molecule has 1 heterocycles. The number of hydrogen-bond donors (Lipinski definition) is 2. The van der Waals surface area contributed by atoms with Gasteiger partial charge in [0.25, 0.3) is 0 Å². The molecule has 4 heteroatoms. The summed E-state index contributed by atoms with van der Waals surface area (Å²) in [5, 5.41) is 6.40. The fraction of sp³-hybridized carbons (Fsp3) is 0.533. The molecule has 1 aromatic carbocycles. The third-order valence-electron chi connectivity index (χ3n) is 3.47. The predicted molar refractivity (Wildman–Crippen MR) is 82.8 cm³/mol. The Morgan fingerprint density at radius 2 is 2.32 bits per heavy atom. The molecule has 3 nitrogen and oxygen atoms in total. The summed E-state index contributed by atoms with van der Waals surface area (Å²) >= 11 is 1.82. The van der Waals surface area contributed by atoms with E-state index in [0.717, 1.165) is 18.8 Å². The maximum Gasteiger partial charge on any atom is 0.220 e. The predicted octanol–water partition coefficient (Wildman–Crippen LogP) is 2.70. The number of rotatable bonds is 6. The van der Waals surface area contributed by atoms with Gasteiger partial charge in [0.1, 0.15) is 0 Å². The number of thioether (sulfide) groups is 1. The van der Waals surface area contributed by atoms with Crippen LogP contribution in [-0.4, -0.2) is 31.0 Å². The molecule has 0 spiro atoms. The van der Waals surface area contributed by atoms with Gasteiger partial charge in [0, 0.05) is 31.1 Å². The van der Waals surface area contributed by atoms with Gasteiger partial charge in [0.05, 0.1) is 0 Å². The Morgan fingerprint density at radius 3 is 3.11 bits per heavy atom. The summed E-state index contributed by atoms with van der Waals surface area (Å²) in [6.45, 7) is 3.82. The summed E-state index contributed by atoms with van der Waals surface area (Å²) < 4.78 is 0. The molecule has 0 saturated carbocycles. The molecule has 0 bridgehead atoms. The molecule has 2 N–H and O–H groups in total. The molecular formula is C15H22N2OS. The van der Waals surface area contributed by atoms with E-state index in [4.69, 9.17) is 0 Å². The van der Waals surface area contributed by atoms with E-state index in [2.05, 4.69) is 35.9 Å². The van der Waals surface area contributed by atoms with Crippen LogP contribution in [0.25, 0.3) is 0 Å². The fourth-order valence-electron chi connectivity index (χ4n) is 2.47. The number of carbonyl (C=O) groups is 1. The monoisotopic (exact) mass is 278 g/mol. The van der Waals surface area contributed by atoms with Crippen LogP contribution in [0.15, 0.2) is 24.3 Å². The van der Waals surface area contributed by atoms with Gasteiger partial charge in [-0.05, 0) is 29.6 Å². The summed E-state index contributed by atoms with van der Waals surface area (Å²) in [7, 11) is 0. The van der Waals surface area contributed by atoms with Gasteiger partial charge < -0.3 is 10.6 Å². The minimum atomic E-state index is 0.163. The lowest BCUT2D eigenvalue weighted by atomic mass is 9.97. The zero-order valence-corrected chi connectivity index (χ0v) is 12.4. The van der Waals surface area contributed by atoms with E-state index in [9.17, 15) is 4.79 Å². The number of para-hydroxylation sites is 1. The SMILES string of the molecule is CSCC(C)CNC(=O)CC1CNc2ccccc21. The van der Waals surface area contributed by atoms with Gasteiger partial charge in [-0.25, -0.2) is 0 Å². The Labute approximate surface area is 119 Å². The highest BCUT2D eigenvalue weighted by Gasteiger charge is 2.23. The zero-order valence-electron chi connectivity index (χ0n) is 11.6. The highest BCUT2D eigenvalue weighted by molar-refractivity contribution is 7.98. The molecule has 0 fully saturated rings. The normalized spacial score (nSPS) is 18.5. The number of carbonyl (C=O) groups excluding carboxylic acids is 1. The summed E-state index contributed by atoms with van der Waals surface area (Å²) in [5.74, 6) is 2.10. The van der Waals surface area contributed by atoms with Crippen molar-refractivity contribution in [3.05, 3.63) is 29.8 Å².